The van der Waals surface area contributed by atoms with E-state index in [-0.39, 0.29) is 35.4 Å². The third-order valence-corrected chi connectivity index (χ3v) is 4.08. The predicted molar refractivity (Wildman–Crippen MR) is 94.6 cm³/mol. The maximum absolute atomic E-state index is 11.5. The number of benzene rings is 1. The Kier molecular flexibility index (Phi) is 5.63. The average molecular weight is 342 g/mol. The van der Waals surface area contributed by atoms with Crippen LogP contribution in [-0.4, -0.2) is 17.8 Å². The van der Waals surface area contributed by atoms with Crippen molar-refractivity contribution >= 4 is 18.5 Å². The fourth-order valence-electron chi connectivity index (χ4n) is 2.78. The molecule has 1 atom stereocenters. The first kappa shape index (κ1) is 19.6. The number of rotatable bonds is 1. The van der Waals surface area contributed by atoms with Crippen LogP contribution in [0.5, 0.6) is 5.75 Å². The number of cyclic esters (lactones) is 1. The normalized spacial score (nSPS) is 18.7. The Balaban J connectivity index is 0.00000264. The first-order valence-electron chi connectivity index (χ1n) is 7.81. The number of phenolic OH excluding ortho intramolecular Hbond substituents is 1. The van der Waals surface area contributed by atoms with Gasteiger partial charge in [-0.15, -0.1) is 12.4 Å². The molecular weight excluding hydrogens is 314 g/mol. The van der Waals surface area contributed by atoms with Crippen molar-refractivity contribution in [3.63, 3.8) is 0 Å². The van der Waals surface area contributed by atoms with E-state index in [1.165, 1.54) is 0 Å². The second-order valence-electron chi connectivity index (χ2n) is 8.09. The Morgan fingerprint density at radius 1 is 1.09 bits per heavy atom. The second kappa shape index (κ2) is 6.60. The number of carbonyl (C=O) groups is 1. The zero-order valence-electron chi connectivity index (χ0n) is 14.8. The monoisotopic (exact) mass is 341 g/mol. The summed E-state index contributed by atoms with van der Waals surface area (Å²) in [6.45, 7) is 12.9. The topological polar surface area (TPSA) is 58.6 Å². The van der Waals surface area contributed by atoms with Crippen LogP contribution in [-0.2, 0) is 15.6 Å². The van der Waals surface area contributed by atoms with E-state index in [9.17, 15) is 9.90 Å². The largest absolute Gasteiger partial charge is 0.507 e. The summed E-state index contributed by atoms with van der Waals surface area (Å²) in [5.41, 5.74) is 2.51. The summed E-state index contributed by atoms with van der Waals surface area (Å²) in [4.78, 5) is 11.5. The zero-order valence-corrected chi connectivity index (χ0v) is 15.6. The molecule has 1 aliphatic rings. The van der Waals surface area contributed by atoms with E-state index in [0.29, 0.717) is 12.4 Å². The molecular formula is C18H28ClNO3. The summed E-state index contributed by atoms with van der Waals surface area (Å²) in [7, 11) is 0. The first-order valence-corrected chi connectivity index (χ1v) is 7.81. The van der Waals surface area contributed by atoms with Crippen molar-refractivity contribution in [1.29, 1.82) is 0 Å². The van der Waals surface area contributed by atoms with Crippen LogP contribution in [0.1, 0.15) is 70.7 Å². The summed E-state index contributed by atoms with van der Waals surface area (Å²) >= 11 is 0. The van der Waals surface area contributed by atoms with Gasteiger partial charge in [0.15, 0.2) is 0 Å². The van der Waals surface area contributed by atoms with Crippen molar-refractivity contribution in [2.24, 2.45) is 0 Å². The molecule has 1 aromatic carbocycles. The minimum absolute atomic E-state index is 0. The molecule has 2 rings (SSSR count). The molecule has 1 saturated heterocycles. The molecule has 0 aliphatic carbocycles. The van der Waals surface area contributed by atoms with Crippen molar-refractivity contribution in [2.75, 3.05) is 6.61 Å². The van der Waals surface area contributed by atoms with Gasteiger partial charge in [0.05, 0.1) is 12.6 Å². The summed E-state index contributed by atoms with van der Waals surface area (Å²) < 4.78 is 4.95. The van der Waals surface area contributed by atoms with Gasteiger partial charge in [0, 0.05) is 6.42 Å². The number of aromatic hydroxyl groups is 1. The third-order valence-electron chi connectivity index (χ3n) is 4.08. The Morgan fingerprint density at radius 2 is 1.57 bits per heavy atom. The molecule has 5 heteroatoms. The van der Waals surface area contributed by atoms with Crippen LogP contribution in [0.25, 0.3) is 0 Å². The van der Waals surface area contributed by atoms with Gasteiger partial charge in [-0.2, -0.15) is 0 Å². The zero-order chi connectivity index (χ0) is 16.7. The lowest BCUT2D eigenvalue weighted by atomic mass is 9.77. The van der Waals surface area contributed by atoms with E-state index in [2.05, 4.69) is 46.9 Å². The van der Waals surface area contributed by atoms with Gasteiger partial charge in [-0.1, -0.05) is 41.5 Å². The molecule has 0 unspecified atom stereocenters. The lowest BCUT2D eigenvalue weighted by Gasteiger charge is -2.31. The Bertz CT molecular complexity index is 550. The number of halogens is 1. The van der Waals surface area contributed by atoms with Gasteiger partial charge in [0.1, 0.15) is 5.75 Å². The highest BCUT2D eigenvalue weighted by Gasteiger charge is 2.29. The van der Waals surface area contributed by atoms with Crippen LogP contribution in [0.3, 0.4) is 0 Å². The highest BCUT2D eigenvalue weighted by molar-refractivity contribution is 5.85. The molecule has 0 bridgehead atoms. The molecule has 0 spiro atoms. The molecule has 4 nitrogen and oxygen atoms in total. The maximum Gasteiger partial charge on any atom is 0.407 e. The van der Waals surface area contributed by atoms with E-state index in [1.807, 2.05) is 12.1 Å². The molecule has 1 heterocycles. The van der Waals surface area contributed by atoms with E-state index < -0.39 is 0 Å². The number of hydrogen-bond donors (Lipinski definition) is 2. The standard InChI is InChI=1S/C18H27NO3.ClH/c1-17(2,3)12-9-11(14-7-8-22-16(21)19-14)10-13(15(12)20)18(4,5)6;/h9-10,14,20H,7-8H2,1-6H3,(H,19,21);1H/t14-;/m0./s1. The van der Waals surface area contributed by atoms with Crippen LogP contribution >= 0.6 is 12.4 Å². The molecule has 0 radical (unpaired) electrons. The lowest BCUT2D eigenvalue weighted by molar-refractivity contribution is 0.115. The fourth-order valence-corrected chi connectivity index (χ4v) is 2.78. The van der Waals surface area contributed by atoms with Crippen LogP contribution in [0, 0.1) is 0 Å². The van der Waals surface area contributed by atoms with Crippen LogP contribution in [0.2, 0.25) is 0 Å². The van der Waals surface area contributed by atoms with Gasteiger partial charge >= 0.3 is 6.09 Å². The molecule has 0 aromatic heterocycles. The maximum atomic E-state index is 11.5. The molecule has 0 saturated carbocycles. The van der Waals surface area contributed by atoms with Crippen LogP contribution in [0.4, 0.5) is 4.79 Å². The quantitative estimate of drug-likeness (QED) is 0.786. The Labute approximate surface area is 145 Å². The summed E-state index contributed by atoms with van der Waals surface area (Å²) in [5.74, 6) is 0.363. The SMILES string of the molecule is CC(C)(C)c1cc([C@@H]2CCOC(=O)N2)cc(C(C)(C)C)c1O.Cl. The Morgan fingerprint density at radius 3 is 1.96 bits per heavy atom. The van der Waals surface area contributed by atoms with Gasteiger partial charge in [0.25, 0.3) is 0 Å². The van der Waals surface area contributed by atoms with Crippen molar-refractivity contribution in [2.45, 2.75) is 64.8 Å². The van der Waals surface area contributed by atoms with E-state index >= 15 is 0 Å². The van der Waals surface area contributed by atoms with Gasteiger partial charge < -0.3 is 15.2 Å². The smallest absolute Gasteiger partial charge is 0.407 e. The van der Waals surface area contributed by atoms with Crippen molar-refractivity contribution in [3.05, 3.63) is 28.8 Å². The average Bonchev–Trinajstić information content (AvgIpc) is 2.36. The van der Waals surface area contributed by atoms with Crippen LogP contribution in [0.15, 0.2) is 12.1 Å². The van der Waals surface area contributed by atoms with Gasteiger partial charge in [-0.05, 0) is 39.7 Å². The van der Waals surface area contributed by atoms with Gasteiger partial charge in [0.2, 0.25) is 0 Å². The number of hydrogen-bond acceptors (Lipinski definition) is 3. The number of nitrogens with one attached hydrogen (secondary N) is 1. The number of ether oxygens (including phenoxy) is 1. The molecule has 1 aromatic rings. The van der Waals surface area contributed by atoms with Gasteiger partial charge in [-0.25, -0.2) is 4.79 Å². The Hall–Kier alpha value is -1.42. The van der Waals surface area contributed by atoms with Crippen LogP contribution < -0.4 is 5.32 Å². The van der Waals surface area contributed by atoms with Crippen molar-refractivity contribution in [3.8, 4) is 5.75 Å². The molecule has 1 fully saturated rings. The second-order valence-corrected chi connectivity index (χ2v) is 8.09. The molecule has 2 N–H and O–H groups in total. The fraction of sp³-hybridized carbons (Fsp3) is 0.611. The molecule has 1 aliphatic heterocycles. The summed E-state index contributed by atoms with van der Waals surface area (Å²) in [5, 5.41) is 13.6. The van der Waals surface area contributed by atoms with Crippen molar-refractivity contribution < 1.29 is 14.6 Å². The predicted octanol–water partition coefficient (Wildman–Crippen LogP) is 4.58. The summed E-state index contributed by atoms with van der Waals surface area (Å²) in [6.07, 6.45) is 0.364. The molecule has 1 amide bonds. The first-order chi connectivity index (χ1) is 10.00. The van der Waals surface area contributed by atoms with E-state index in [1.54, 1.807) is 0 Å². The molecule has 130 valence electrons. The summed E-state index contributed by atoms with van der Waals surface area (Å²) in [6, 6.07) is 3.96. The lowest BCUT2D eigenvalue weighted by Crippen LogP contribution is -2.35. The third kappa shape index (κ3) is 4.31. The minimum Gasteiger partial charge on any atom is -0.507 e. The number of alkyl carbamates (subject to hydrolysis) is 1. The number of phenols is 1. The minimum atomic E-state index is -0.376. The number of amides is 1. The highest BCUT2D eigenvalue weighted by Crippen LogP contribution is 2.41. The van der Waals surface area contributed by atoms with E-state index in [0.717, 1.165) is 23.1 Å². The highest BCUT2D eigenvalue weighted by atomic mass is 35.5. The number of carbonyl (C=O) groups excluding carboxylic acids is 1. The van der Waals surface area contributed by atoms with Gasteiger partial charge in [-0.3, -0.25) is 0 Å². The van der Waals surface area contributed by atoms with Crippen molar-refractivity contribution in [1.82, 2.24) is 5.32 Å². The molecule has 23 heavy (non-hydrogen) atoms. The van der Waals surface area contributed by atoms with E-state index in [4.69, 9.17) is 4.74 Å².